The van der Waals surface area contributed by atoms with Gasteiger partial charge in [0.1, 0.15) is 0 Å². The third-order valence-corrected chi connectivity index (χ3v) is 4.05. The molecular weight excluding hydrogens is 308 g/mol. The first kappa shape index (κ1) is 14.0. The molecule has 5 nitrogen and oxygen atoms in total. The number of aromatic nitrogens is 3. The van der Waals surface area contributed by atoms with Gasteiger partial charge in [-0.25, -0.2) is 4.52 Å². The number of hydrogen-bond acceptors (Lipinski definition) is 4. The van der Waals surface area contributed by atoms with E-state index in [4.69, 9.17) is 11.6 Å². The monoisotopic (exact) mass is 320 g/mol. The van der Waals surface area contributed by atoms with Gasteiger partial charge in [0, 0.05) is 21.9 Å². The van der Waals surface area contributed by atoms with Crippen molar-refractivity contribution in [2.24, 2.45) is 5.92 Å². The van der Waals surface area contributed by atoms with Crippen molar-refractivity contribution in [1.29, 1.82) is 0 Å². The zero-order valence-electron chi connectivity index (χ0n) is 11.5. The van der Waals surface area contributed by atoms with Crippen LogP contribution in [0.25, 0.3) is 16.2 Å². The first-order chi connectivity index (χ1) is 10.0. The standard InChI is InChI=1S/C14H13ClN4OS/c1-8(2)12(20)16-13-17-14-19(18-13)11(7-21-14)9-3-5-10(15)6-4-9/h3-8H,1-2H3,(H,16,18,20). The van der Waals surface area contributed by atoms with E-state index < -0.39 is 0 Å². The van der Waals surface area contributed by atoms with E-state index in [0.717, 1.165) is 16.2 Å². The number of nitrogens with one attached hydrogen (secondary N) is 1. The van der Waals surface area contributed by atoms with Gasteiger partial charge in [-0.1, -0.05) is 37.6 Å². The molecule has 108 valence electrons. The topological polar surface area (TPSA) is 59.3 Å². The van der Waals surface area contributed by atoms with E-state index in [1.165, 1.54) is 11.3 Å². The number of hydrogen-bond donors (Lipinski definition) is 1. The summed E-state index contributed by atoms with van der Waals surface area (Å²) in [6.45, 7) is 3.65. The Bertz CT molecular complexity index is 791. The Labute approximate surface area is 130 Å². The Morgan fingerprint density at radius 1 is 1.33 bits per heavy atom. The van der Waals surface area contributed by atoms with Crippen molar-refractivity contribution in [3.8, 4) is 11.3 Å². The number of fused-ring (bicyclic) bond motifs is 1. The van der Waals surface area contributed by atoms with Gasteiger partial charge >= 0.3 is 0 Å². The highest BCUT2D eigenvalue weighted by Crippen LogP contribution is 2.26. The number of carbonyl (C=O) groups excluding carboxylic acids is 1. The van der Waals surface area contributed by atoms with Crippen molar-refractivity contribution in [3.63, 3.8) is 0 Å². The van der Waals surface area contributed by atoms with Crippen molar-refractivity contribution in [2.45, 2.75) is 13.8 Å². The summed E-state index contributed by atoms with van der Waals surface area (Å²) in [6.07, 6.45) is 0. The fourth-order valence-corrected chi connectivity index (χ4v) is 2.77. The van der Waals surface area contributed by atoms with Gasteiger partial charge in [-0.05, 0) is 12.1 Å². The van der Waals surface area contributed by atoms with Crippen LogP contribution in [-0.2, 0) is 4.79 Å². The van der Waals surface area contributed by atoms with Crippen molar-refractivity contribution in [2.75, 3.05) is 5.32 Å². The quantitative estimate of drug-likeness (QED) is 0.800. The number of amides is 1. The second-order valence-corrected chi connectivity index (χ2v) is 6.17. The third-order valence-electron chi connectivity index (χ3n) is 2.98. The normalized spacial score (nSPS) is 11.2. The SMILES string of the molecule is CC(C)C(=O)Nc1nc2scc(-c3ccc(Cl)cc3)n2n1. The van der Waals surface area contributed by atoms with Gasteiger partial charge < -0.3 is 0 Å². The Kier molecular flexibility index (Phi) is 3.65. The Hall–Kier alpha value is -1.92. The summed E-state index contributed by atoms with van der Waals surface area (Å²) in [7, 11) is 0. The minimum atomic E-state index is -0.109. The van der Waals surface area contributed by atoms with Crippen LogP contribution in [0, 0.1) is 5.92 Å². The molecule has 7 heteroatoms. The number of halogens is 1. The molecule has 3 rings (SSSR count). The van der Waals surface area contributed by atoms with E-state index in [1.807, 2.05) is 43.5 Å². The second-order valence-electron chi connectivity index (χ2n) is 4.90. The highest BCUT2D eigenvalue weighted by Gasteiger charge is 2.14. The molecule has 1 amide bonds. The fourth-order valence-electron chi connectivity index (χ4n) is 1.81. The summed E-state index contributed by atoms with van der Waals surface area (Å²) in [5.74, 6) is 0.124. The maximum absolute atomic E-state index is 11.7. The molecule has 1 aromatic carbocycles. The Morgan fingerprint density at radius 2 is 2.05 bits per heavy atom. The van der Waals surface area contributed by atoms with E-state index >= 15 is 0 Å². The summed E-state index contributed by atoms with van der Waals surface area (Å²) in [5, 5.41) is 9.72. The lowest BCUT2D eigenvalue weighted by atomic mass is 10.2. The molecule has 0 aliphatic carbocycles. The predicted molar refractivity (Wildman–Crippen MR) is 84.8 cm³/mol. The van der Waals surface area contributed by atoms with Gasteiger partial charge in [0.2, 0.25) is 16.8 Å². The van der Waals surface area contributed by atoms with E-state index in [-0.39, 0.29) is 11.8 Å². The zero-order chi connectivity index (χ0) is 15.0. The van der Waals surface area contributed by atoms with E-state index in [0.29, 0.717) is 11.0 Å². The molecule has 0 bridgehead atoms. The van der Waals surface area contributed by atoms with Crippen molar-refractivity contribution in [3.05, 3.63) is 34.7 Å². The number of benzene rings is 1. The van der Waals surface area contributed by atoms with Crippen molar-refractivity contribution < 1.29 is 4.79 Å². The molecule has 0 unspecified atom stereocenters. The van der Waals surface area contributed by atoms with Crippen LogP contribution in [0.3, 0.4) is 0 Å². The van der Waals surface area contributed by atoms with Gasteiger partial charge in [0.15, 0.2) is 0 Å². The molecule has 0 radical (unpaired) electrons. The molecule has 0 fully saturated rings. The van der Waals surface area contributed by atoms with Gasteiger partial charge in [0.25, 0.3) is 0 Å². The number of rotatable bonds is 3. The molecule has 2 heterocycles. The van der Waals surface area contributed by atoms with Crippen LogP contribution in [0.1, 0.15) is 13.8 Å². The summed E-state index contributed by atoms with van der Waals surface area (Å²) in [4.78, 5) is 16.7. The van der Waals surface area contributed by atoms with E-state index in [2.05, 4.69) is 15.4 Å². The van der Waals surface area contributed by atoms with Crippen LogP contribution in [0.2, 0.25) is 5.02 Å². The minimum Gasteiger partial charge on any atom is -0.293 e. The highest BCUT2D eigenvalue weighted by atomic mass is 35.5. The summed E-state index contributed by atoms with van der Waals surface area (Å²) in [6, 6.07) is 7.52. The lowest BCUT2D eigenvalue weighted by Gasteiger charge is -2.02. The van der Waals surface area contributed by atoms with Crippen LogP contribution in [0.4, 0.5) is 5.95 Å². The maximum Gasteiger partial charge on any atom is 0.250 e. The first-order valence-corrected chi connectivity index (χ1v) is 7.71. The first-order valence-electron chi connectivity index (χ1n) is 6.45. The van der Waals surface area contributed by atoms with E-state index in [9.17, 15) is 4.79 Å². The third kappa shape index (κ3) is 2.77. The van der Waals surface area contributed by atoms with Crippen LogP contribution < -0.4 is 5.32 Å². The molecule has 1 N–H and O–H groups in total. The van der Waals surface area contributed by atoms with Crippen molar-refractivity contribution >= 4 is 39.8 Å². The lowest BCUT2D eigenvalue weighted by Crippen LogP contribution is -2.18. The van der Waals surface area contributed by atoms with E-state index in [1.54, 1.807) is 4.52 Å². The van der Waals surface area contributed by atoms with Crippen LogP contribution >= 0.6 is 22.9 Å². The minimum absolute atomic E-state index is 0.0960. The zero-order valence-corrected chi connectivity index (χ0v) is 13.1. The molecule has 3 aromatic rings. The van der Waals surface area contributed by atoms with Crippen LogP contribution in [0.5, 0.6) is 0 Å². The van der Waals surface area contributed by atoms with Crippen LogP contribution in [0.15, 0.2) is 29.6 Å². The fraction of sp³-hybridized carbons (Fsp3) is 0.214. The number of thiazole rings is 1. The summed E-state index contributed by atoms with van der Waals surface area (Å²) >= 11 is 7.38. The summed E-state index contributed by atoms with van der Waals surface area (Å²) in [5.41, 5.74) is 1.92. The Morgan fingerprint density at radius 3 is 2.71 bits per heavy atom. The van der Waals surface area contributed by atoms with Gasteiger partial charge in [-0.2, -0.15) is 4.98 Å². The predicted octanol–water partition coefficient (Wildman–Crippen LogP) is 3.71. The average Bonchev–Trinajstić information content (AvgIpc) is 2.99. The maximum atomic E-state index is 11.7. The van der Waals surface area contributed by atoms with Gasteiger partial charge in [0.05, 0.1) is 5.69 Å². The van der Waals surface area contributed by atoms with Crippen LogP contribution in [-0.4, -0.2) is 20.5 Å². The Balaban J connectivity index is 1.96. The molecule has 2 aromatic heterocycles. The van der Waals surface area contributed by atoms with Gasteiger partial charge in [-0.15, -0.1) is 16.4 Å². The number of anilines is 1. The highest BCUT2D eigenvalue weighted by molar-refractivity contribution is 7.15. The number of carbonyl (C=O) groups is 1. The van der Waals surface area contributed by atoms with Crippen molar-refractivity contribution in [1.82, 2.24) is 14.6 Å². The molecule has 0 aliphatic heterocycles. The van der Waals surface area contributed by atoms with Gasteiger partial charge in [-0.3, -0.25) is 10.1 Å². The molecule has 0 saturated heterocycles. The molecule has 21 heavy (non-hydrogen) atoms. The average molecular weight is 321 g/mol. The smallest absolute Gasteiger partial charge is 0.250 e. The molecular formula is C14H13ClN4OS. The lowest BCUT2D eigenvalue weighted by molar-refractivity contribution is -0.118. The largest absolute Gasteiger partial charge is 0.293 e. The molecule has 0 spiro atoms. The second kappa shape index (κ2) is 5.46. The molecule has 0 aliphatic rings. The molecule has 0 saturated carbocycles. The molecule has 0 atom stereocenters. The number of nitrogens with zero attached hydrogens (tertiary/aromatic N) is 3. The summed E-state index contributed by atoms with van der Waals surface area (Å²) < 4.78 is 1.73.